The van der Waals surface area contributed by atoms with E-state index < -0.39 is 0 Å². The van der Waals surface area contributed by atoms with Crippen molar-refractivity contribution < 1.29 is 9.53 Å². The van der Waals surface area contributed by atoms with Crippen LogP contribution in [0.3, 0.4) is 0 Å². The fourth-order valence-electron chi connectivity index (χ4n) is 3.85. The maximum atomic E-state index is 13.0. The van der Waals surface area contributed by atoms with E-state index >= 15 is 0 Å². The molecule has 32 heavy (non-hydrogen) atoms. The summed E-state index contributed by atoms with van der Waals surface area (Å²) in [4.78, 5) is 25.6. The third-order valence-electron chi connectivity index (χ3n) is 5.67. The summed E-state index contributed by atoms with van der Waals surface area (Å²) >= 11 is 1.61. The molecule has 2 heterocycles. The quantitative estimate of drug-likeness (QED) is 0.565. The van der Waals surface area contributed by atoms with E-state index in [0.29, 0.717) is 6.54 Å². The standard InChI is InChI=1S/C25H28N4O2S/c1-17-6-9-21(10-7-17)32-25-23(26-12-13-27-25)29-14-4-5-19(16-29)24(30)28-22-11-8-20(31-3)15-18(22)2/h6-13,15,19H,4-5,14,16H2,1-3H3,(H,28,30)/t19-/m0/s1. The zero-order valence-corrected chi connectivity index (χ0v) is 19.5. The Labute approximate surface area is 193 Å². The van der Waals surface area contributed by atoms with Gasteiger partial charge in [0, 0.05) is 36.1 Å². The predicted molar refractivity (Wildman–Crippen MR) is 129 cm³/mol. The minimum atomic E-state index is -0.107. The lowest BCUT2D eigenvalue weighted by Crippen LogP contribution is -2.41. The zero-order chi connectivity index (χ0) is 22.5. The normalized spacial score (nSPS) is 16.0. The Morgan fingerprint density at radius 1 is 1.12 bits per heavy atom. The fourth-order valence-corrected chi connectivity index (χ4v) is 4.73. The first-order valence-corrected chi connectivity index (χ1v) is 11.6. The van der Waals surface area contributed by atoms with E-state index in [2.05, 4.69) is 51.4 Å². The highest BCUT2D eigenvalue weighted by molar-refractivity contribution is 7.99. The van der Waals surface area contributed by atoms with Crippen LogP contribution in [0.1, 0.15) is 24.0 Å². The number of benzene rings is 2. The highest BCUT2D eigenvalue weighted by Crippen LogP contribution is 2.34. The molecular weight excluding hydrogens is 420 g/mol. The summed E-state index contributed by atoms with van der Waals surface area (Å²) < 4.78 is 5.26. The monoisotopic (exact) mass is 448 g/mol. The number of ether oxygens (including phenoxy) is 1. The van der Waals surface area contributed by atoms with Gasteiger partial charge in [0.15, 0.2) is 5.82 Å². The van der Waals surface area contributed by atoms with Gasteiger partial charge in [-0.2, -0.15) is 0 Å². The average molecular weight is 449 g/mol. The number of aryl methyl sites for hydroxylation is 2. The minimum Gasteiger partial charge on any atom is -0.497 e. The van der Waals surface area contributed by atoms with Crippen LogP contribution in [0.5, 0.6) is 5.75 Å². The number of hydrogen-bond donors (Lipinski definition) is 1. The molecule has 0 radical (unpaired) electrons. The lowest BCUT2D eigenvalue weighted by atomic mass is 9.97. The van der Waals surface area contributed by atoms with Crippen molar-refractivity contribution in [3.63, 3.8) is 0 Å². The molecule has 1 fully saturated rings. The number of carbonyl (C=O) groups excluding carboxylic acids is 1. The van der Waals surface area contributed by atoms with Crippen LogP contribution in [0, 0.1) is 19.8 Å². The highest BCUT2D eigenvalue weighted by atomic mass is 32.2. The van der Waals surface area contributed by atoms with E-state index in [1.165, 1.54) is 5.56 Å². The Balaban J connectivity index is 1.47. The Morgan fingerprint density at radius 3 is 2.66 bits per heavy atom. The summed E-state index contributed by atoms with van der Waals surface area (Å²) in [5.41, 5.74) is 3.03. The van der Waals surface area contributed by atoms with Crippen molar-refractivity contribution in [2.75, 3.05) is 30.4 Å². The maximum absolute atomic E-state index is 13.0. The van der Waals surface area contributed by atoms with Gasteiger partial charge in [-0.3, -0.25) is 4.79 Å². The molecule has 0 saturated carbocycles. The van der Waals surface area contributed by atoms with Crippen LogP contribution in [-0.2, 0) is 4.79 Å². The van der Waals surface area contributed by atoms with Gasteiger partial charge in [0.05, 0.1) is 13.0 Å². The Morgan fingerprint density at radius 2 is 1.91 bits per heavy atom. The topological polar surface area (TPSA) is 67.3 Å². The minimum absolute atomic E-state index is 0.0413. The number of nitrogens with one attached hydrogen (secondary N) is 1. The van der Waals surface area contributed by atoms with E-state index in [1.807, 2.05) is 25.1 Å². The maximum Gasteiger partial charge on any atom is 0.229 e. The van der Waals surface area contributed by atoms with Crippen molar-refractivity contribution in [3.05, 3.63) is 66.0 Å². The van der Waals surface area contributed by atoms with Crippen LogP contribution in [-0.4, -0.2) is 36.1 Å². The van der Waals surface area contributed by atoms with Gasteiger partial charge in [0.25, 0.3) is 0 Å². The molecule has 1 amide bonds. The van der Waals surface area contributed by atoms with E-state index in [-0.39, 0.29) is 11.8 Å². The number of nitrogens with zero attached hydrogens (tertiary/aromatic N) is 3. The van der Waals surface area contributed by atoms with Gasteiger partial charge in [-0.1, -0.05) is 29.5 Å². The van der Waals surface area contributed by atoms with Gasteiger partial charge in [-0.15, -0.1) is 0 Å². The molecular formula is C25H28N4O2S. The number of hydrogen-bond acceptors (Lipinski definition) is 6. The number of carbonyl (C=O) groups is 1. The number of methoxy groups -OCH3 is 1. The second-order valence-electron chi connectivity index (χ2n) is 8.06. The number of anilines is 2. The summed E-state index contributed by atoms with van der Waals surface area (Å²) in [6, 6.07) is 14.1. The molecule has 0 unspecified atom stereocenters. The first-order valence-electron chi connectivity index (χ1n) is 10.8. The summed E-state index contributed by atoms with van der Waals surface area (Å²) in [5.74, 6) is 1.56. The molecule has 1 aliphatic heterocycles. The first-order chi connectivity index (χ1) is 15.5. The van der Waals surface area contributed by atoms with Crippen molar-refractivity contribution in [3.8, 4) is 5.75 Å². The van der Waals surface area contributed by atoms with Gasteiger partial charge >= 0.3 is 0 Å². The van der Waals surface area contributed by atoms with E-state index in [4.69, 9.17) is 4.74 Å². The van der Waals surface area contributed by atoms with Crippen LogP contribution in [0.4, 0.5) is 11.5 Å². The van der Waals surface area contributed by atoms with Crippen molar-refractivity contribution in [1.82, 2.24) is 9.97 Å². The van der Waals surface area contributed by atoms with Crippen molar-refractivity contribution in [2.24, 2.45) is 5.92 Å². The number of amides is 1. The van der Waals surface area contributed by atoms with Gasteiger partial charge < -0.3 is 15.0 Å². The second kappa shape index (κ2) is 10.0. The summed E-state index contributed by atoms with van der Waals surface area (Å²) in [6.07, 6.45) is 5.24. The first kappa shape index (κ1) is 22.1. The lowest BCUT2D eigenvalue weighted by molar-refractivity contribution is -0.120. The molecule has 1 atom stereocenters. The average Bonchev–Trinajstić information content (AvgIpc) is 2.82. The van der Waals surface area contributed by atoms with Gasteiger partial charge in [-0.05, 0) is 62.6 Å². The van der Waals surface area contributed by atoms with Crippen LogP contribution < -0.4 is 15.0 Å². The van der Waals surface area contributed by atoms with E-state index in [0.717, 1.165) is 52.1 Å². The summed E-state index contributed by atoms with van der Waals surface area (Å²) in [5, 5.41) is 3.96. The largest absolute Gasteiger partial charge is 0.497 e. The Bertz CT molecular complexity index is 1090. The molecule has 1 N–H and O–H groups in total. The molecule has 2 aromatic carbocycles. The van der Waals surface area contributed by atoms with Crippen LogP contribution >= 0.6 is 11.8 Å². The van der Waals surface area contributed by atoms with Crippen molar-refractivity contribution in [1.29, 1.82) is 0 Å². The van der Waals surface area contributed by atoms with E-state index in [1.54, 1.807) is 31.3 Å². The van der Waals surface area contributed by atoms with Crippen molar-refractivity contribution in [2.45, 2.75) is 36.6 Å². The van der Waals surface area contributed by atoms with Crippen LogP contribution in [0.25, 0.3) is 0 Å². The van der Waals surface area contributed by atoms with Gasteiger partial charge in [0.2, 0.25) is 5.91 Å². The molecule has 1 aromatic heterocycles. The SMILES string of the molecule is COc1ccc(NC(=O)[C@H]2CCCN(c3nccnc3Sc3ccc(C)cc3)C2)c(C)c1. The third-order valence-corrected chi connectivity index (χ3v) is 6.65. The molecule has 3 aromatic rings. The second-order valence-corrected chi connectivity index (χ2v) is 9.12. The molecule has 6 nitrogen and oxygen atoms in total. The molecule has 4 rings (SSSR count). The number of piperidine rings is 1. The highest BCUT2D eigenvalue weighted by Gasteiger charge is 2.28. The number of aromatic nitrogens is 2. The zero-order valence-electron chi connectivity index (χ0n) is 18.7. The molecule has 0 bridgehead atoms. The molecule has 7 heteroatoms. The molecule has 0 spiro atoms. The van der Waals surface area contributed by atoms with E-state index in [9.17, 15) is 4.79 Å². The smallest absolute Gasteiger partial charge is 0.229 e. The fraction of sp³-hybridized carbons (Fsp3) is 0.320. The van der Waals surface area contributed by atoms with Crippen LogP contribution in [0.2, 0.25) is 0 Å². The van der Waals surface area contributed by atoms with Crippen LogP contribution in [0.15, 0.2) is 64.8 Å². The lowest BCUT2D eigenvalue weighted by Gasteiger charge is -2.33. The Hall–Kier alpha value is -3.06. The Kier molecular flexibility index (Phi) is 6.95. The summed E-state index contributed by atoms with van der Waals surface area (Å²) in [6.45, 7) is 5.54. The van der Waals surface area contributed by atoms with Crippen molar-refractivity contribution >= 4 is 29.2 Å². The molecule has 0 aliphatic carbocycles. The summed E-state index contributed by atoms with van der Waals surface area (Å²) in [7, 11) is 1.64. The molecule has 1 aliphatic rings. The van der Waals surface area contributed by atoms with Gasteiger partial charge in [-0.25, -0.2) is 9.97 Å². The predicted octanol–water partition coefficient (Wildman–Crippen LogP) is 5.11. The van der Waals surface area contributed by atoms with Gasteiger partial charge in [0.1, 0.15) is 10.8 Å². The third kappa shape index (κ3) is 5.22. The molecule has 166 valence electrons. The molecule has 1 saturated heterocycles. The number of rotatable bonds is 6.